The van der Waals surface area contributed by atoms with Gasteiger partial charge in [0.25, 0.3) is 5.56 Å². The summed E-state index contributed by atoms with van der Waals surface area (Å²) >= 11 is 0. The van der Waals surface area contributed by atoms with Crippen LogP contribution in [-0.2, 0) is 11.3 Å². The Hall–Kier alpha value is -2.61. The van der Waals surface area contributed by atoms with Crippen LogP contribution in [0.2, 0.25) is 0 Å². The third-order valence-electron chi connectivity index (χ3n) is 4.52. The molecule has 1 heterocycles. The van der Waals surface area contributed by atoms with E-state index < -0.39 is 0 Å². The molecule has 0 spiro atoms. The molecule has 2 rings (SSSR count). The zero-order valence-corrected chi connectivity index (χ0v) is 15.5. The Labute approximate surface area is 151 Å². The highest BCUT2D eigenvalue weighted by molar-refractivity contribution is 5.82. The average molecular weight is 363 g/mol. The maximum Gasteiger partial charge on any atom is 0.261 e. The van der Waals surface area contributed by atoms with Crippen molar-refractivity contribution in [2.45, 2.75) is 32.9 Å². The maximum absolute atomic E-state index is 12.7. The number of ether oxygens (including phenoxy) is 2. The highest BCUT2D eigenvalue weighted by Crippen LogP contribution is 2.29. The summed E-state index contributed by atoms with van der Waals surface area (Å²) in [5, 5.41) is 12.5. The van der Waals surface area contributed by atoms with Crippen molar-refractivity contribution in [2.24, 2.45) is 5.92 Å². The molecule has 0 radical (unpaired) electrons. The summed E-state index contributed by atoms with van der Waals surface area (Å²) in [4.78, 5) is 29.2. The number of hydrogen-bond donors (Lipinski definition) is 2. The van der Waals surface area contributed by atoms with E-state index in [2.05, 4.69) is 10.3 Å². The molecule has 1 amide bonds. The standard InChI is InChI=1S/C18H25N3O5/c1-5-11(2)14(9-22)20-17(23)8-21-10-19-13-7-16(26-4)15(25-3)6-12(13)18(21)24/h6-7,10-11,14,22H,5,8-9H2,1-4H3,(H,20,23). The minimum absolute atomic E-state index is 0.132. The second kappa shape index (κ2) is 8.66. The van der Waals surface area contributed by atoms with Crippen LogP contribution in [0.1, 0.15) is 20.3 Å². The number of nitrogens with zero attached hydrogens (tertiary/aromatic N) is 2. The summed E-state index contributed by atoms with van der Waals surface area (Å²) in [5.74, 6) is 0.667. The fourth-order valence-corrected chi connectivity index (χ4v) is 2.66. The van der Waals surface area contributed by atoms with Crippen LogP contribution in [0.25, 0.3) is 10.9 Å². The second-order valence-corrected chi connectivity index (χ2v) is 6.14. The fraction of sp³-hybridized carbons (Fsp3) is 0.500. The number of rotatable bonds is 8. The molecule has 0 saturated heterocycles. The minimum Gasteiger partial charge on any atom is -0.493 e. The van der Waals surface area contributed by atoms with Crippen LogP contribution < -0.4 is 20.3 Å². The number of aliphatic hydroxyl groups excluding tert-OH is 1. The number of aliphatic hydroxyl groups is 1. The van der Waals surface area contributed by atoms with Crippen molar-refractivity contribution < 1.29 is 19.4 Å². The van der Waals surface area contributed by atoms with Crippen molar-refractivity contribution in [1.29, 1.82) is 0 Å². The zero-order valence-electron chi connectivity index (χ0n) is 15.5. The number of amides is 1. The Morgan fingerprint density at radius 1 is 1.31 bits per heavy atom. The van der Waals surface area contributed by atoms with Gasteiger partial charge in [-0.3, -0.25) is 14.2 Å². The highest BCUT2D eigenvalue weighted by Gasteiger charge is 2.18. The lowest BCUT2D eigenvalue weighted by atomic mass is 10.00. The van der Waals surface area contributed by atoms with Gasteiger partial charge < -0.3 is 19.9 Å². The molecule has 142 valence electrons. The molecule has 8 nitrogen and oxygen atoms in total. The van der Waals surface area contributed by atoms with Crippen molar-refractivity contribution in [1.82, 2.24) is 14.9 Å². The van der Waals surface area contributed by atoms with E-state index in [1.165, 1.54) is 25.1 Å². The summed E-state index contributed by atoms with van der Waals surface area (Å²) in [6, 6.07) is 2.82. The van der Waals surface area contributed by atoms with Gasteiger partial charge in [0.15, 0.2) is 11.5 Å². The number of carbonyl (C=O) groups is 1. The van der Waals surface area contributed by atoms with E-state index in [-0.39, 0.29) is 36.6 Å². The SMILES string of the molecule is CCC(C)C(CO)NC(=O)Cn1cnc2cc(OC)c(OC)cc2c1=O. The first-order valence-electron chi connectivity index (χ1n) is 8.46. The van der Waals surface area contributed by atoms with Gasteiger partial charge in [0, 0.05) is 6.07 Å². The molecular weight excluding hydrogens is 338 g/mol. The van der Waals surface area contributed by atoms with Crippen molar-refractivity contribution in [3.63, 3.8) is 0 Å². The summed E-state index contributed by atoms with van der Waals surface area (Å²) in [5.41, 5.74) is 0.104. The van der Waals surface area contributed by atoms with Crippen LogP contribution >= 0.6 is 0 Å². The van der Waals surface area contributed by atoms with Gasteiger partial charge in [-0.1, -0.05) is 20.3 Å². The first-order valence-corrected chi connectivity index (χ1v) is 8.46. The van der Waals surface area contributed by atoms with Crippen LogP contribution in [-0.4, -0.2) is 47.4 Å². The van der Waals surface area contributed by atoms with E-state index in [4.69, 9.17) is 9.47 Å². The maximum atomic E-state index is 12.7. The van der Waals surface area contributed by atoms with E-state index in [0.717, 1.165) is 6.42 Å². The summed E-state index contributed by atoms with van der Waals surface area (Å²) in [6.45, 7) is 3.61. The molecule has 0 fully saturated rings. The van der Waals surface area contributed by atoms with Crippen molar-refractivity contribution in [3.05, 3.63) is 28.8 Å². The lowest BCUT2D eigenvalue weighted by molar-refractivity contribution is -0.123. The number of methoxy groups -OCH3 is 2. The van der Waals surface area contributed by atoms with E-state index in [0.29, 0.717) is 22.4 Å². The number of carbonyl (C=O) groups excluding carboxylic acids is 1. The Balaban J connectivity index is 2.29. The van der Waals surface area contributed by atoms with Crippen LogP contribution in [0, 0.1) is 5.92 Å². The molecule has 2 N–H and O–H groups in total. The number of fused-ring (bicyclic) bond motifs is 1. The molecular formula is C18H25N3O5. The Morgan fingerprint density at radius 2 is 1.96 bits per heavy atom. The highest BCUT2D eigenvalue weighted by atomic mass is 16.5. The van der Waals surface area contributed by atoms with Crippen molar-refractivity contribution >= 4 is 16.8 Å². The van der Waals surface area contributed by atoms with Crippen LogP contribution in [0.5, 0.6) is 11.5 Å². The van der Waals surface area contributed by atoms with E-state index in [9.17, 15) is 14.7 Å². The number of benzene rings is 1. The number of hydrogen-bond acceptors (Lipinski definition) is 6. The molecule has 1 aromatic heterocycles. The monoisotopic (exact) mass is 363 g/mol. The normalized spacial score (nSPS) is 13.3. The summed E-state index contributed by atoms with van der Waals surface area (Å²) in [6.07, 6.45) is 2.15. The molecule has 26 heavy (non-hydrogen) atoms. The van der Waals surface area contributed by atoms with Gasteiger partial charge >= 0.3 is 0 Å². The quantitative estimate of drug-likeness (QED) is 0.723. The molecule has 2 unspecified atom stereocenters. The molecule has 2 aromatic rings. The smallest absolute Gasteiger partial charge is 0.261 e. The van der Waals surface area contributed by atoms with Gasteiger partial charge in [-0.2, -0.15) is 0 Å². The van der Waals surface area contributed by atoms with Gasteiger partial charge in [0.05, 0.1) is 44.1 Å². The average Bonchev–Trinajstić information content (AvgIpc) is 2.66. The Bertz CT molecular complexity index is 833. The van der Waals surface area contributed by atoms with Crippen LogP contribution in [0.4, 0.5) is 0 Å². The summed E-state index contributed by atoms with van der Waals surface area (Å²) < 4.78 is 11.7. The van der Waals surface area contributed by atoms with Crippen LogP contribution in [0.3, 0.4) is 0 Å². The fourth-order valence-electron chi connectivity index (χ4n) is 2.66. The third kappa shape index (κ3) is 4.13. The lowest BCUT2D eigenvalue weighted by Crippen LogP contribution is -2.44. The topological polar surface area (TPSA) is 103 Å². The van der Waals surface area contributed by atoms with E-state index >= 15 is 0 Å². The minimum atomic E-state index is -0.354. The molecule has 0 saturated carbocycles. The number of aromatic nitrogens is 2. The second-order valence-electron chi connectivity index (χ2n) is 6.14. The molecule has 0 bridgehead atoms. The lowest BCUT2D eigenvalue weighted by Gasteiger charge is -2.22. The molecule has 1 aromatic carbocycles. The third-order valence-corrected chi connectivity index (χ3v) is 4.52. The van der Waals surface area contributed by atoms with E-state index in [1.54, 1.807) is 12.1 Å². The van der Waals surface area contributed by atoms with Gasteiger partial charge in [0.2, 0.25) is 5.91 Å². The Kier molecular flexibility index (Phi) is 6.57. The van der Waals surface area contributed by atoms with Crippen molar-refractivity contribution in [2.75, 3.05) is 20.8 Å². The first kappa shape index (κ1) is 19.7. The first-order chi connectivity index (χ1) is 12.4. The zero-order chi connectivity index (χ0) is 19.3. The largest absolute Gasteiger partial charge is 0.493 e. The number of nitrogens with one attached hydrogen (secondary N) is 1. The molecule has 0 aliphatic rings. The molecule has 8 heteroatoms. The molecule has 2 atom stereocenters. The predicted molar refractivity (Wildman–Crippen MR) is 97.6 cm³/mol. The molecule has 0 aliphatic heterocycles. The van der Waals surface area contributed by atoms with Gasteiger partial charge in [-0.25, -0.2) is 4.98 Å². The van der Waals surface area contributed by atoms with Gasteiger partial charge in [0.1, 0.15) is 6.54 Å². The Morgan fingerprint density at radius 3 is 2.54 bits per heavy atom. The molecule has 0 aliphatic carbocycles. The van der Waals surface area contributed by atoms with Gasteiger partial charge in [-0.15, -0.1) is 0 Å². The summed E-state index contributed by atoms with van der Waals surface area (Å²) in [7, 11) is 2.99. The van der Waals surface area contributed by atoms with Crippen molar-refractivity contribution in [3.8, 4) is 11.5 Å². The van der Waals surface area contributed by atoms with E-state index in [1.807, 2.05) is 13.8 Å². The van der Waals surface area contributed by atoms with Gasteiger partial charge in [-0.05, 0) is 12.0 Å². The van der Waals surface area contributed by atoms with Crippen LogP contribution in [0.15, 0.2) is 23.3 Å². The predicted octanol–water partition coefficient (Wildman–Crippen LogP) is 0.937.